The number of anilines is 3. The Morgan fingerprint density at radius 2 is 1.96 bits per heavy atom. The smallest absolute Gasteiger partial charge is 0.249 e. The summed E-state index contributed by atoms with van der Waals surface area (Å²) < 4.78 is 18.0. The van der Waals surface area contributed by atoms with E-state index in [1.165, 1.54) is 18.3 Å². The normalized spacial score (nSPS) is 10.4. The Bertz CT molecular complexity index is 876. The summed E-state index contributed by atoms with van der Waals surface area (Å²) in [6.07, 6.45) is 2.28. The molecule has 0 fully saturated rings. The molecule has 8 heteroatoms. The zero-order valence-corrected chi connectivity index (χ0v) is 14.8. The molecule has 0 bridgehead atoms. The van der Waals surface area contributed by atoms with Crippen LogP contribution in [0.3, 0.4) is 0 Å². The van der Waals surface area contributed by atoms with Gasteiger partial charge in [0.1, 0.15) is 11.6 Å². The van der Waals surface area contributed by atoms with Crippen molar-refractivity contribution in [2.24, 2.45) is 0 Å². The minimum absolute atomic E-state index is 0.240. The van der Waals surface area contributed by atoms with Gasteiger partial charge in [0.25, 0.3) is 0 Å². The maximum atomic E-state index is 12.9. The fourth-order valence-electron chi connectivity index (χ4n) is 2.30. The van der Waals surface area contributed by atoms with Crippen molar-refractivity contribution in [3.05, 3.63) is 65.1 Å². The lowest BCUT2D eigenvalue weighted by molar-refractivity contribution is 0.415. The molecule has 6 nitrogen and oxygen atoms in total. The van der Waals surface area contributed by atoms with Crippen LogP contribution in [-0.4, -0.2) is 28.8 Å². The van der Waals surface area contributed by atoms with Gasteiger partial charge >= 0.3 is 0 Å². The SMILES string of the molecule is COc1ccc(Nc2nncc(NCCc3ccc(F)cc3)n2)cc1Cl. The van der Waals surface area contributed by atoms with E-state index in [0.29, 0.717) is 29.1 Å². The molecule has 0 radical (unpaired) electrons. The average molecular weight is 374 g/mol. The molecule has 0 aliphatic heterocycles. The van der Waals surface area contributed by atoms with Gasteiger partial charge < -0.3 is 15.4 Å². The molecule has 2 N–H and O–H groups in total. The molecule has 1 aromatic heterocycles. The highest BCUT2D eigenvalue weighted by Crippen LogP contribution is 2.28. The standard InChI is InChI=1S/C18H17ClFN5O/c1-26-16-7-6-14(10-15(16)19)23-18-24-17(11-22-25-18)21-9-8-12-2-4-13(20)5-3-12/h2-7,10-11H,8-9H2,1H3,(H2,21,23,24,25). The first-order valence-electron chi connectivity index (χ1n) is 7.92. The Morgan fingerprint density at radius 1 is 1.15 bits per heavy atom. The van der Waals surface area contributed by atoms with E-state index in [4.69, 9.17) is 16.3 Å². The first kappa shape index (κ1) is 17.9. The molecule has 3 rings (SSSR count). The topological polar surface area (TPSA) is 72.0 Å². The third-order valence-electron chi connectivity index (χ3n) is 3.60. The summed E-state index contributed by atoms with van der Waals surface area (Å²) in [4.78, 5) is 4.36. The highest BCUT2D eigenvalue weighted by atomic mass is 35.5. The van der Waals surface area contributed by atoms with Crippen LogP contribution in [0.5, 0.6) is 5.75 Å². The van der Waals surface area contributed by atoms with Gasteiger partial charge in [0.05, 0.1) is 18.3 Å². The van der Waals surface area contributed by atoms with E-state index in [2.05, 4.69) is 25.8 Å². The molecule has 2 aromatic carbocycles. The van der Waals surface area contributed by atoms with E-state index >= 15 is 0 Å². The molecule has 0 aliphatic carbocycles. The van der Waals surface area contributed by atoms with Gasteiger partial charge in [0.15, 0.2) is 5.82 Å². The molecule has 0 unspecified atom stereocenters. The molecule has 0 aliphatic rings. The number of rotatable bonds is 7. The zero-order valence-electron chi connectivity index (χ0n) is 14.0. The number of nitrogens with one attached hydrogen (secondary N) is 2. The Balaban J connectivity index is 1.59. The second-order valence-electron chi connectivity index (χ2n) is 5.44. The van der Waals surface area contributed by atoms with Gasteiger partial charge in [-0.25, -0.2) is 4.39 Å². The fourth-order valence-corrected chi connectivity index (χ4v) is 2.56. The van der Waals surface area contributed by atoms with Crippen molar-refractivity contribution in [3.63, 3.8) is 0 Å². The van der Waals surface area contributed by atoms with E-state index in [1.54, 1.807) is 31.4 Å². The summed E-state index contributed by atoms with van der Waals surface area (Å²) in [5.74, 6) is 1.28. The van der Waals surface area contributed by atoms with Crippen LogP contribution in [0.1, 0.15) is 5.56 Å². The molecule has 1 heterocycles. The number of hydrogen-bond acceptors (Lipinski definition) is 6. The first-order chi connectivity index (χ1) is 12.6. The lowest BCUT2D eigenvalue weighted by Gasteiger charge is -2.09. The number of hydrogen-bond donors (Lipinski definition) is 2. The van der Waals surface area contributed by atoms with E-state index in [0.717, 1.165) is 17.7 Å². The Labute approximate surface area is 155 Å². The molecule has 0 spiro atoms. The molecule has 0 saturated heterocycles. The third kappa shape index (κ3) is 4.80. The van der Waals surface area contributed by atoms with Crippen LogP contribution in [0.2, 0.25) is 5.02 Å². The molecule has 134 valence electrons. The van der Waals surface area contributed by atoms with E-state index in [1.807, 2.05) is 6.07 Å². The van der Waals surface area contributed by atoms with Crippen LogP contribution in [0.25, 0.3) is 0 Å². The average Bonchev–Trinajstić information content (AvgIpc) is 2.64. The Hall–Kier alpha value is -2.93. The van der Waals surface area contributed by atoms with E-state index < -0.39 is 0 Å². The minimum atomic E-state index is -0.240. The van der Waals surface area contributed by atoms with Gasteiger partial charge in [-0.2, -0.15) is 10.1 Å². The quantitative estimate of drug-likeness (QED) is 0.650. The maximum Gasteiger partial charge on any atom is 0.249 e. The van der Waals surface area contributed by atoms with Gasteiger partial charge in [-0.1, -0.05) is 23.7 Å². The summed E-state index contributed by atoms with van der Waals surface area (Å²) in [6, 6.07) is 11.7. The Morgan fingerprint density at radius 3 is 2.69 bits per heavy atom. The van der Waals surface area contributed by atoms with Crippen molar-refractivity contribution in [1.82, 2.24) is 15.2 Å². The summed E-state index contributed by atoms with van der Waals surface area (Å²) in [5.41, 5.74) is 1.76. The van der Waals surface area contributed by atoms with Crippen LogP contribution in [0, 0.1) is 5.82 Å². The van der Waals surface area contributed by atoms with Crippen molar-refractivity contribution in [2.45, 2.75) is 6.42 Å². The molecule has 0 saturated carbocycles. The predicted octanol–water partition coefficient (Wildman–Crippen LogP) is 4.07. The van der Waals surface area contributed by atoms with Gasteiger partial charge in [-0.3, -0.25) is 0 Å². The highest BCUT2D eigenvalue weighted by molar-refractivity contribution is 6.32. The highest BCUT2D eigenvalue weighted by Gasteiger charge is 2.05. The summed E-state index contributed by atoms with van der Waals surface area (Å²) in [5, 5.41) is 14.6. The molecule has 0 atom stereocenters. The number of methoxy groups -OCH3 is 1. The van der Waals surface area contributed by atoms with Crippen LogP contribution >= 0.6 is 11.6 Å². The number of ether oxygens (including phenoxy) is 1. The lowest BCUT2D eigenvalue weighted by atomic mass is 10.1. The number of halogens is 2. The number of benzene rings is 2. The largest absolute Gasteiger partial charge is 0.495 e. The minimum Gasteiger partial charge on any atom is -0.495 e. The molecular weight excluding hydrogens is 357 g/mol. The monoisotopic (exact) mass is 373 g/mol. The molecule has 3 aromatic rings. The van der Waals surface area contributed by atoms with Crippen molar-refractivity contribution in [1.29, 1.82) is 0 Å². The third-order valence-corrected chi connectivity index (χ3v) is 3.90. The second-order valence-corrected chi connectivity index (χ2v) is 5.85. The summed E-state index contributed by atoms with van der Waals surface area (Å²) >= 11 is 6.11. The van der Waals surface area contributed by atoms with Gasteiger partial charge in [0.2, 0.25) is 5.95 Å². The Kier molecular flexibility index (Phi) is 5.80. The van der Waals surface area contributed by atoms with Crippen LogP contribution in [0.4, 0.5) is 21.8 Å². The maximum absolute atomic E-state index is 12.9. The molecule has 26 heavy (non-hydrogen) atoms. The van der Waals surface area contributed by atoms with Crippen molar-refractivity contribution in [3.8, 4) is 5.75 Å². The van der Waals surface area contributed by atoms with Crippen LogP contribution < -0.4 is 15.4 Å². The first-order valence-corrected chi connectivity index (χ1v) is 8.30. The summed E-state index contributed by atoms with van der Waals surface area (Å²) in [6.45, 7) is 0.637. The van der Waals surface area contributed by atoms with E-state index in [-0.39, 0.29) is 5.82 Å². The van der Waals surface area contributed by atoms with E-state index in [9.17, 15) is 4.39 Å². The molecule has 0 amide bonds. The van der Waals surface area contributed by atoms with Gasteiger partial charge in [-0.05, 0) is 42.3 Å². The van der Waals surface area contributed by atoms with Gasteiger partial charge in [0, 0.05) is 12.2 Å². The number of nitrogens with zero attached hydrogens (tertiary/aromatic N) is 3. The van der Waals surface area contributed by atoms with Gasteiger partial charge in [-0.15, -0.1) is 5.10 Å². The van der Waals surface area contributed by atoms with Crippen LogP contribution in [-0.2, 0) is 6.42 Å². The predicted molar refractivity (Wildman–Crippen MR) is 99.7 cm³/mol. The second kappa shape index (κ2) is 8.44. The lowest BCUT2D eigenvalue weighted by Crippen LogP contribution is -2.08. The summed E-state index contributed by atoms with van der Waals surface area (Å²) in [7, 11) is 1.56. The van der Waals surface area contributed by atoms with Crippen molar-refractivity contribution < 1.29 is 9.13 Å². The van der Waals surface area contributed by atoms with Crippen molar-refractivity contribution in [2.75, 3.05) is 24.3 Å². The van der Waals surface area contributed by atoms with Crippen LogP contribution in [0.15, 0.2) is 48.7 Å². The molecular formula is C18H17ClFN5O. The fraction of sp³-hybridized carbons (Fsp3) is 0.167. The number of aromatic nitrogens is 3. The van der Waals surface area contributed by atoms with Crippen molar-refractivity contribution >= 4 is 29.1 Å². The zero-order chi connectivity index (χ0) is 18.4.